The molecule has 0 saturated carbocycles. The third-order valence-corrected chi connectivity index (χ3v) is 3.62. The molecule has 0 saturated heterocycles. The lowest BCUT2D eigenvalue weighted by molar-refractivity contribution is -0.139. The van der Waals surface area contributed by atoms with E-state index in [2.05, 4.69) is 22.3 Å². The minimum absolute atomic E-state index is 0.342. The molecule has 1 aromatic carbocycles. The number of nitrogens with one attached hydrogen (secondary N) is 1. The highest BCUT2D eigenvalue weighted by atomic mass is 16.4. The van der Waals surface area contributed by atoms with E-state index in [1.54, 1.807) is 0 Å². The molecule has 21 heavy (non-hydrogen) atoms. The van der Waals surface area contributed by atoms with Crippen LogP contribution in [0.4, 0.5) is 5.69 Å². The van der Waals surface area contributed by atoms with Gasteiger partial charge in [-0.05, 0) is 24.5 Å². The van der Waals surface area contributed by atoms with Gasteiger partial charge in [-0.15, -0.1) is 0 Å². The molecule has 1 unspecified atom stereocenters. The van der Waals surface area contributed by atoms with E-state index < -0.39 is 17.9 Å². The SMILES string of the molecule is NC(CC(=O)O)C(=O)NCCCN1CCc2ccccc21. The van der Waals surface area contributed by atoms with Gasteiger partial charge in [0.1, 0.15) is 0 Å². The number of hydrogen-bond donors (Lipinski definition) is 3. The van der Waals surface area contributed by atoms with E-state index in [0.717, 1.165) is 25.9 Å². The Hall–Kier alpha value is -2.08. The first-order chi connectivity index (χ1) is 10.1. The zero-order valence-corrected chi connectivity index (χ0v) is 11.9. The quantitative estimate of drug-likeness (QED) is 0.630. The zero-order chi connectivity index (χ0) is 15.2. The summed E-state index contributed by atoms with van der Waals surface area (Å²) in [5, 5.41) is 11.3. The monoisotopic (exact) mass is 291 g/mol. The number of carbonyl (C=O) groups excluding carboxylic acids is 1. The van der Waals surface area contributed by atoms with Gasteiger partial charge in [0, 0.05) is 25.3 Å². The zero-order valence-electron chi connectivity index (χ0n) is 11.9. The number of amides is 1. The van der Waals surface area contributed by atoms with E-state index in [4.69, 9.17) is 10.8 Å². The number of rotatable bonds is 7. The molecule has 1 aliphatic rings. The largest absolute Gasteiger partial charge is 0.481 e. The second-order valence-electron chi connectivity index (χ2n) is 5.21. The van der Waals surface area contributed by atoms with Gasteiger partial charge < -0.3 is 21.1 Å². The molecule has 6 heteroatoms. The van der Waals surface area contributed by atoms with Crippen LogP contribution in [0.1, 0.15) is 18.4 Å². The summed E-state index contributed by atoms with van der Waals surface area (Å²) in [6.45, 7) is 2.38. The maximum atomic E-state index is 11.6. The summed E-state index contributed by atoms with van der Waals surface area (Å²) in [7, 11) is 0. The van der Waals surface area contributed by atoms with Crippen LogP contribution in [0.2, 0.25) is 0 Å². The molecule has 1 aromatic rings. The van der Waals surface area contributed by atoms with Crippen molar-refractivity contribution in [3.05, 3.63) is 29.8 Å². The predicted molar refractivity (Wildman–Crippen MR) is 80.2 cm³/mol. The maximum Gasteiger partial charge on any atom is 0.305 e. The Kier molecular flexibility index (Phi) is 5.16. The highest BCUT2D eigenvalue weighted by molar-refractivity contribution is 5.85. The van der Waals surface area contributed by atoms with Gasteiger partial charge in [0.15, 0.2) is 0 Å². The van der Waals surface area contributed by atoms with Crippen molar-refractivity contribution in [2.24, 2.45) is 5.73 Å². The average molecular weight is 291 g/mol. The van der Waals surface area contributed by atoms with Crippen LogP contribution >= 0.6 is 0 Å². The molecule has 1 atom stereocenters. The van der Waals surface area contributed by atoms with E-state index in [0.29, 0.717) is 6.54 Å². The lowest BCUT2D eigenvalue weighted by atomic mass is 10.2. The topological polar surface area (TPSA) is 95.7 Å². The Morgan fingerprint density at radius 1 is 1.38 bits per heavy atom. The van der Waals surface area contributed by atoms with Crippen molar-refractivity contribution in [3.8, 4) is 0 Å². The normalized spacial score (nSPS) is 14.6. The van der Waals surface area contributed by atoms with Gasteiger partial charge in [0.2, 0.25) is 5.91 Å². The lowest BCUT2D eigenvalue weighted by Crippen LogP contribution is -2.42. The van der Waals surface area contributed by atoms with Gasteiger partial charge >= 0.3 is 5.97 Å². The number of benzene rings is 1. The van der Waals surface area contributed by atoms with Gasteiger partial charge in [-0.1, -0.05) is 18.2 Å². The molecule has 0 spiro atoms. The number of nitrogens with zero attached hydrogens (tertiary/aromatic N) is 1. The minimum Gasteiger partial charge on any atom is -0.481 e. The molecule has 0 fully saturated rings. The fourth-order valence-electron chi connectivity index (χ4n) is 2.53. The van der Waals surface area contributed by atoms with E-state index >= 15 is 0 Å². The van der Waals surface area contributed by atoms with Crippen molar-refractivity contribution >= 4 is 17.6 Å². The Labute approximate surface area is 123 Å². The molecule has 0 aliphatic carbocycles. The number of para-hydroxylation sites is 1. The van der Waals surface area contributed by atoms with Crippen LogP contribution in [0, 0.1) is 0 Å². The highest BCUT2D eigenvalue weighted by Gasteiger charge is 2.18. The van der Waals surface area contributed by atoms with E-state index in [1.807, 2.05) is 12.1 Å². The van der Waals surface area contributed by atoms with E-state index in [1.165, 1.54) is 11.3 Å². The van der Waals surface area contributed by atoms with Crippen LogP contribution in [0.3, 0.4) is 0 Å². The summed E-state index contributed by atoms with van der Waals surface area (Å²) in [5.41, 5.74) is 8.12. The summed E-state index contributed by atoms with van der Waals surface area (Å²) in [4.78, 5) is 24.3. The summed E-state index contributed by atoms with van der Waals surface area (Å²) in [6, 6.07) is 7.36. The second-order valence-corrected chi connectivity index (χ2v) is 5.21. The standard InChI is InChI=1S/C15H21N3O3/c16-12(10-14(19)20)15(21)17-7-3-8-18-9-6-11-4-1-2-5-13(11)18/h1-2,4-5,12H,3,6-10,16H2,(H,17,21)(H,19,20). The molecule has 0 aromatic heterocycles. The molecule has 1 aliphatic heterocycles. The van der Waals surface area contributed by atoms with Gasteiger partial charge in [-0.2, -0.15) is 0 Å². The molecule has 4 N–H and O–H groups in total. The molecule has 0 radical (unpaired) electrons. The van der Waals surface area contributed by atoms with Gasteiger partial charge in [0.05, 0.1) is 12.5 Å². The van der Waals surface area contributed by atoms with E-state index in [9.17, 15) is 9.59 Å². The van der Waals surface area contributed by atoms with Crippen molar-refractivity contribution in [3.63, 3.8) is 0 Å². The Bertz CT molecular complexity index is 519. The number of carboxylic acids is 1. The fraction of sp³-hybridized carbons (Fsp3) is 0.467. The highest BCUT2D eigenvalue weighted by Crippen LogP contribution is 2.27. The molecular formula is C15H21N3O3. The second kappa shape index (κ2) is 7.08. The van der Waals surface area contributed by atoms with Crippen molar-refractivity contribution in [1.29, 1.82) is 0 Å². The summed E-state index contributed by atoms with van der Waals surface area (Å²) in [6.07, 6.45) is 1.53. The predicted octanol–water partition coefficient (Wildman–Crippen LogP) is 0.357. The number of fused-ring (bicyclic) bond motifs is 1. The summed E-state index contributed by atoms with van der Waals surface area (Å²) >= 11 is 0. The third-order valence-electron chi connectivity index (χ3n) is 3.62. The summed E-state index contributed by atoms with van der Waals surface area (Å²) < 4.78 is 0. The van der Waals surface area contributed by atoms with Gasteiger partial charge in [-0.3, -0.25) is 9.59 Å². The van der Waals surface area contributed by atoms with Crippen LogP contribution < -0.4 is 16.0 Å². The number of carboxylic acid groups (broad SMARTS) is 1. The first-order valence-corrected chi connectivity index (χ1v) is 7.16. The number of aliphatic carboxylic acids is 1. The average Bonchev–Trinajstić information content (AvgIpc) is 2.86. The van der Waals surface area contributed by atoms with Gasteiger partial charge in [-0.25, -0.2) is 0 Å². The number of nitrogens with two attached hydrogens (primary N) is 1. The van der Waals surface area contributed by atoms with Crippen molar-refractivity contribution in [2.45, 2.75) is 25.3 Å². The first-order valence-electron chi connectivity index (χ1n) is 7.16. The molecule has 0 bridgehead atoms. The number of carbonyl (C=O) groups is 2. The van der Waals surface area contributed by atoms with Crippen LogP contribution in [-0.2, 0) is 16.0 Å². The third kappa shape index (κ3) is 4.19. The molecule has 6 nitrogen and oxygen atoms in total. The van der Waals surface area contributed by atoms with Crippen LogP contribution in [-0.4, -0.2) is 42.7 Å². The number of anilines is 1. The van der Waals surface area contributed by atoms with Crippen molar-refractivity contribution in [1.82, 2.24) is 5.32 Å². The molecule has 2 rings (SSSR count). The Balaban J connectivity index is 1.69. The first kappa shape index (κ1) is 15.3. The molecule has 1 amide bonds. The van der Waals surface area contributed by atoms with Crippen molar-refractivity contribution < 1.29 is 14.7 Å². The Morgan fingerprint density at radius 2 is 2.14 bits per heavy atom. The molecule has 114 valence electrons. The van der Waals surface area contributed by atoms with E-state index in [-0.39, 0.29) is 6.42 Å². The van der Waals surface area contributed by atoms with Gasteiger partial charge in [0.25, 0.3) is 0 Å². The minimum atomic E-state index is -1.06. The Morgan fingerprint density at radius 3 is 2.90 bits per heavy atom. The number of hydrogen-bond acceptors (Lipinski definition) is 4. The lowest BCUT2D eigenvalue weighted by Gasteiger charge is -2.19. The summed E-state index contributed by atoms with van der Waals surface area (Å²) in [5.74, 6) is -1.47. The van der Waals surface area contributed by atoms with Crippen LogP contribution in [0.5, 0.6) is 0 Å². The molecule has 1 heterocycles. The van der Waals surface area contributed by atoms with Crippen LogP contribution in [0.25, 0.3) is 0 Å². The smallest absolute Gasteiger partial charge is 0.305 e. The maximum absolute atomic E-state index is 11.6. The fourth-order valence-corrected chi connectivity index (χ4v) is 2.53. The van der Waals surface area contributed by atoms with Crippen molar-refractivity contribution in [2.75, 3.05) is 24.5 Å². The molecular weight excluding hydrogens is 270 g/mol. The van der Waals surface area contributed by atoms with Crippen LogP contribution in [0.15, 0.2) is 24.3 Å².